The van der Waals surface area contributed by atoms with Crippen LogP contribution >= 0.6 is 0 Å². The lowest BCUT2D eigenvalue weighted by molar-refractivity contribution is 0.288. The van der Waals surface area contributed by atoms with Crippen molar-refractivity contribution in [3.8, 4) is 17.2 Å². The highest BCUT2D eigenvalue weighted by Gasteiger charge is 2.15. The van der Waals surface area contributed by atoms with Crippen molar-refractivity contribution >= 4 is 5.96 Å². The molecule has 0 fully saturated rings. The van der Waals surface area contributed by atoms with E-state index in [1.165, 1.54) is 0 Å². The summed E-state index contributed by atoms with van der Waals surface area (Å²) in [6.07, 6.45) is 0. The number of hydrogen-bond donors (Lipinski definition) is 2. The van der Waals surface area contributed by atoms with Crippen LogP contribution in [0.15, 0.2) is 35.3 Å². The van der Waals surface area contributed by atoms with Crippen LogP contribution in [-0.4, -0.2) is 33.8 Å². The van der Waals surface area contributed by atoms with Crippen LogP contribution in [-0.2, 0) is 6.54 Å². The molecule has 0 spiro atoms. The molecular formula is C22H30FN3O3. The lowest BCUT2D eigenvalue weighted by atomic mass is 10.1. The van der Waals surface area contributed by atoms with Crippen molar-refractivity contribution in [2.75, 3.05) is 27.9 Å². The number of aliphatic imine (C=N–C) groups is 1. The number of benzene rings is 2. The van der Waals surface area contributed by atoms with Crippen LogP contribution in [0.2, 0.25) is 0 Å². The lowest BCUT2D eigenvalue weighted by Crippen LogP contribution is -2.38. The van der Waals surface area contributed by atoms with E-state index in [9.17, 15) is 4.39 Å². The molecule has 0 aliphatic rings. The van der Waals surface area contributed by atoms with Crippen molar-refractivity contribution in [3.05, 3.63) is 52.8 Å². The van der Waals surface area contributed by atoms with Crippen LogP contribution in [0.3, 0.4) is 0 Å². The topological polar surface area (TPSA) is 64.1 Å². The minimum atomic E-state index is -0.215. The molecule has 0 saturated carbocycles. The minimum Gasteiger partial charge on any atom is -0.493 e. The zero-order valence-corrected chi connectivity index (χ0v) is 17.9. The van der Waals surface area contributed by atoms with Crippen LogP contribution in [0, 0.1) is 12.7 Å². The van der Waals surface area contributed by atoms with Crippen molar-refractivity contribution in [3.63, 3.8) is 0 Å². The SMILES string of the molecule is CCOc1c(OC)cc(CNC(=NC)NC(C)c2ccc(C)c(F)c2)cc1OC. The second kappa shape index (κ2) is 10.5. The van der Waals surface area contributed by atoms with E-state index in [1.807, 2.05) is 32.0 Å². The van der Waals surface area contributed by atoms with Gasteiger partial charge < -0.3 is 24.8 Å². The first kappa shape index (κ1) is 22.3. The Hall–Kier alpha value is -2.96. The molecule has 6 nitrogen and oxygen atoms in total. The summed E-state index contributed by atoms with van der Waals surface area (Å²) in [6.45, 7) is 6.62. The van der Waals surface area contributed by atoms with Gasteiger partial charge in [0.25, 0.3) is 0 Å². The number of methoxy groups -OCH3 is 2. The van der Waals surface area contributed by atoms with Crippen molar-refractivity contribution in [1.29, 1.82) is 0 Å². The van der Waals surface area contributed by atoms with E-state index in [1.54, 1.807) is 40.3 Å². The fourth-order valence-electron chi connectivity index (χ4n) is 2.87. The monoisotopic (exact) mass is 403 g/mol. The zero-order chi connectivity index (χ0) is 21.4. The van der Waals surface area contributed by atoms with Crippen LogP contribution in [0.25, 0.3) is 0 Å². The number of nitrogens with zero attached hydrogens (tertiary/aromatic N) is 1. The molecule has 2 N–H and O–H groups in total. The number of hydrogen-bond acceptors (Lipinski definition) is 4. The summed E-state index contributed by atoms with van der Waals surface area (Å²) in [5, 5.41) is 6.53. The molecule has 0 amide bonds. The average molecular weight is 403 g/mol. The summed E-state index contributed by atoms with van der Waals surface area (Å²) >= 11 is 0. The second-order valence-corrected chi connectivity index (χ2v) is 6.56. The number of guanidine groups is 1. The lowest BCUT2D eigenvalue weighted by Gasteiger charge is -2.19. The average Bonchev–Trinajstić information content (AvgIpc) is 2.73. The summed E-state index contributed by atoms with van der Waals surface area (Å²) in [6, 6.07) is 8.91. The minimum absolute atomic E-state index is 0.110. The third-order valence-corrected chi connectivity index (χ3v) is 4.54. The van der Waals surface area contributed by atoms with Crippen molar-refractivity contribution < 1.29 is 18.6 Å². The highest BCUT2D eigenvalue weighted by molar-refractivity contribution is 5.80. The van der Waals surface area contributed by atoms with Gasteiger partial charge in [0.15, 0.2) is 17.5 Å². The Kier molecular flexibility index (Phi) is 8.12. The Morgan fingerprint density at radius 2 is 1.79 bits per heavy atom. The quantitative estimate of drug-likeness (QED) is 0.516. The largest absolute Gasteiger partial charge is 0.493 e. The Bertz CT molecular complexity index is 830. The fraction of sp³-hybridized carbons (Fsp3) is 0.409. The first-order chi connectivity index (χ1) is 13.9. The molecule has 0 aromatic heterocycles. The molecule has 2 rings (SSSR count). The number of ether oxygens (including phenoxy) is 3. The maximum Gasteiger partial charge on any atom is 0.203 e. The molecule has 0 aliphatic heterocycles. The van der Waals surface area contributed by atoms with Gasteiger partial charge in [-0.05, 0) is 55.7 Å². The van der Waals surface area contributed by atoms with E-state index in [2.05, 4.69) is 15.6 Å². The van der Waals surface area contributed by atoms with E-state index in [0.29, 0.717) is 41.9 Å². The molecule has 2 aromatic rings. The van der Waals surface area contributed by atoms with Gasteiger partial charge in [-0.1, -0.05) is 12.1 Å². The number of nitrogens with one attached hydrogen (secondary N) is 2. The Morgan fingerprint density at radius 3 is 2.31 bits per heavy atom. The smallest absolute Gasteiger partial charge is 0.203 e. The van der Waals surface area contributed by atoms with Gasteiger partial charge in [0.05, 0.1) is 26.9 Å². The van der Waals surface area contributed by atoms with E-state index < -0.39 is 0 Å². The first-order valence-electron chi connectivity index (χ1n) is 9.54. The van der Waals surface area contributed by atoms with Crippen molar-refractivity contribution in [2.45, 2.75) is 33.4 Å². The van der Waals surface area contributed by atoms with Gasteiger partial charge in [0.1, 0.15) is 5.82 Å². The van der Waals surface area contributed by atoms with Crippen molar-refractivity contribution in [2.24, 2.45) is 4.99 Å². The van der Waals surface area contributed by atoms with Crippen molar-refractivity contribution in [1.82, 2.24) is 10.6 Å². The summed E-state index contributed by atoms with van der Waals surface area (Å²) in [7, 11) is 4.88. The number of rotatable bonds is 8. The third-order valence-electron chi connectivity index (χ3n) is 4.54. The van der Waals surface area contributed by atoms with Gasteiger partial charge >= 0.3 is 0 Å². The summed E-state index contributed by atoms with van der Waals surface area (Å²) in [4.78, 5) is 4.25. The molecular weight excluding hydrogens is 373 g/mol. The second-order valence-electron chi connectivity index (χ2n) is 6.56. The molecule has 2 aromatic carbocycles. The van der Waals surface area contributed by atoms with Crippen LogP contribution < -0.4 is 24.8 Å². The molecule has 0 aliphatic carbocycles. The maximum atomic E-state index is 13.9. The first-order valence-corrected chi connectivity index (χ1v) is 9.54. The molecule has 0 bridgehead atoms. The molecule has 1 atom stereocenters. The Balaban J connectivity index is 2.09. The summed E-state index contributed by atoms with van der Waals surface area (Å²) < 4.78 is 30.4. The van der Waals surface area contributed by atoms with Gasteiger partial charge in [-0.2, -0.15) is 0 Å². The highest BCUT2D eigenvalue weighted by Crippen LogP contribution is 2.38. The number of halogens is 1. The van der Waals surface area contributed by atoms with E-state index >= 15 is 0 Å². The van der Waals surface area contributed by atoms with Gasteiger partial charge in [-0.15, -0.1) is 0 Å². The normalized spacial score (nSPS) is 12.3. The molecule has 0 heterocycles. The summed E-state index contributed by atoms with van der Waals surface area (Å²) in [5.74, 6) is 2.18. The third kappa shape index (κ3) is 5.76. The standard InChI is InChI=1S/C22H30FN3O3/c1-7-29-21-19(27-5)10-16(11-20(21)28-6)13-25-22(24-4)26-15(3)17-9-8-14(2)18(23)12-17/h8-12,15H,7,13H2,1-6H3,(H2,24,25,26). The Labute approximate surface area is 172 Å². The summed E-state index contributed by atoms with van der Waals surface area (Å²) in [5.41, 5.74) is 2.42. The maximum absolute atomic E-state index is 13.9. The van der Waals surface area contributed by atoms with E-state index in [4.69, 9.17) is 14.2 Å². The molecule has 29 heavy (non-hydrogen) atoms. The zero-order valence-electron chi connectivity index (χ0n) is 17.9. The molecule has 1 unspecified atom stereocenters. The van der Waals surface area contributed by atoms with Gasteiger partial charge in [0.2, 0.25) is 5.75 Å². The molecule has 0 saturated heterocycles. The molecule has 158 valence electrons. The highest BCUT2D eigenvalue weighted by atomic mass is 19.1. The van der Waals surface area contributed by atoms with Gasteiger partial charge in [-0.3, -0.25) is 4.99 Å². The van der Waals surface area contributed by atoms with Crippen LogP contribution in [0.1, 0.15) is 36.6 Å². The van der Waals surface area contributed by atoms with Crippen LogP contribution in [0.4, 0.5) is 4.39 Å². The van der Waals surface area contributed by atoms with E-state index in [-0.39, 0.29) is 11.9 Å². The Morgan fingerprint density at radius 1 is 1.14 bits per heavy atom. The van der Waals surface area contributed by atoms with E-state index in [0.717, 1.165) is 11.1 Å². The van der Waals surface area contributed by atoms with Gasteiger partial charge in [0, 0.05) is 13.6 Å². The molecule has 7 heteroatoms. The fourth-order valence-corrected chi connectivity index (χ4v) is 2.87. The predicted molar refractivity (Wildman–Crippen MR) is 114 cm³/mol. The van der Waals surface area contributed by atoms with Crippen LogP contribution in [0.5, 0.6) is 17.2 Å². The number of aryl methyl sites for hydroxylation is 1. The van der Waals surface area contributed by atoms with Gasteiger partial charge in [-0.25, -0.2) is 4.39 Å². The molecule has 0 radical (unpaired) electrons. The predicted octanol–water partition coefficient (Wildman–Crippen LogP) is 3.98.